The van der Waals surface area contributed by atoms with Gasteiger partial charge in [0.25, 0.3) is 0 Å². The van der Waals surface area contributed by atoms with E-state index < -0.39 is 5.97 Å². The third-order valence-electron chi connectivity index (χ3n) is 2.15. The van der Waals surface area contributed by atoms with Gasteiger partial charge in [-0.2, -0.15) is 0 Å². The third kappa shape index (κ3) is 1.90. The van der Waals surface area contributed by atoms with Gasteiger partial charge in [0.15, 0.2) is 5.58 Å². The van der Waals surface area contributed by atoms with Crippen molar-refractivity contribution in [1.82, 2.24) is 9.88 Å². The van der Waals surface area contributed by atoms with E-state index in [-0.39, 0.29) is 5.56 Å². The van der Waals surface area contributed by atoms with Crippen LogP contribution in [0.4, 0.5) is 0 Å². The Hall–Kier alpha value is -1.88. The van der Waals surface area contributed by atoms with Crippen molar-refractivity contribution in [3.8, 4) is 0 Å². The lowest BCUT2D eigenvalue weighted by Gasteiger charge is -2.03. The molecule has 0 unspecified atom stereocenters. The summed E-state index contributed by atoms with van der Waals surface area (Å²) in [6.45, 7) is 0.549. The van der Waals surface area contributed by atoms with Crippen LogP contribution in [0.2, 0.25) is 0 Å². The van der Waals surface area contributed by atoms with E-state index in [1.807, 2.05) is 19.0 Å². The van der Waals surface area contributed by atoms with E-state index >= 15 is 0 Å². The van der Waals surface area contributed by atoms with E-state index in [9.17, 15) is 4.79 Å². The normalized spacial score (nSPS) is 11.2. The maximum atomic E-state index is 11.0. The lowest BCUT2D eigenvalue weighted by atomic mass is 10.2. The first-order valence-corrected chi connectivity index (χ1v) is 4.84. The topological polar surface area (TPSA) is 66.6 Å². The Morgan fingerprint density at radius 1 is 1.50 bits per heavy atom. The lowest BCUT2D eigenvalue weighted by Crippen LogP contribution is -2.10. The molecule has 0 saturated carbocycles. The van der Waals surface area contributed by atoms with Crippen molar-refractivity contribution < 1.29 is 14.3 Å². The molecule has 0 bridgehead atoms. The van der Waals surface area contributed by atoms with Crippen molar-refractivity contribution in [3.63, 3.8) is 0 Å². The second-order valence-corrected chi connectivity index (χ2v) is 3.80. The van der Waals surface area contributed by atoms with E-state index in [0.717, 1.165) is 0 Å². The number of aromatic nitrogens is 1. The van der Waals surface area contributed by atoms with Crippen molar-refractivity contribution in [1.29, 1.82) is 0 Å². The number of para-hydroxylation sites is 1. The van der Waals surface area contributed by atoms with Gasteiger partial charge >= 0.3 is 5.97 Å². The summed E-state index contributed by atoms with van der Waals surface area (Å²) in [6.07, 6.45) is 0. The van der Waals surface area contributed by atoms with Gasteiger partial charge in [0.1, 0.15) is 5.52 Å². The number of oxazole rings is 1. The first-order chi connectivity index (χ1) is 7.58. The summed E-state index contributed by atoms with van der Waals surface area (Å²) < 4.78 is 5.45. The molecular weight excluding hydrogens is 208 g/mol. The van der Waals surface area contributed by atoms with Crippen molar-refractivity contribution in [2.75, 3.05) is 14.1 Å². The Balaban J connectivity index is 2.52. The standard InChI is InChI=1S/C11H12N2O3/c1-13(2)6-9-12-10-7(11(14)15)4-3-5-8(10)16-9/h3-5H,6H2,1-2H3,(H,14,15). The number of carboxylic acids is 1. The van der Waals surface area contributed by atoms with Crippen LogP contribution in [0.1, 0.15) is 16.2 Å². The highest BCUT2D eigenvalue weighted by molar-refractivity contribution is 6.00. The van der Waals surface area contributed by atoms with Crippen molar-refractivity contribution in [3.05, 3.63) is 29.7 Å². The Kier molecular flexibility index (Phi) is 2.62. The molecule has 0 aliphatic heterocycles. The van der Waals surface area contributed by atoms with E-state index in [1.54, 1.807) is 12.1 Å². The van der Waals surface area contributed by atoms with Gasteiger partial charge in [-0.25, -0.2) is 9.78 Å². The number of aromatic carboxylic acids is 1. The largest absolute Gasteiger partial charge is 0.478 e. The summed E-state index contributed by atoms with van der Waals surface area (Å²) in [4.78, 5) is 17.0. The van der Waals surface area contributed by atoms with Crippen LogP contribution < -0.4 is 0 Å². The van der Waals surface area contributed by atoms with Gasteiger partial charge in [-0.15, -0.1) is 0 Å². The Morgan fingerprint density at radius 2 is 2.25 bits per heavy atom. The Morgan fingerprint density at radius 3 is 2.88 bits per heavy atom. The van der Waals surface area contributed by atoms with Crippen LogP contribution in [0.25, 0.3) is 11.1 Å². The molecule has 2 aromatic rings. The number of hydrogen-bond donors (Lipinski definition) is 1. The fourth-order valence-corrected chi connectivity index (χ4v) is 1.51. The molecule has 0 saturated heterocycles. The van der Waals surface area contributed by atoms with E-state index in [0.29, 0.717) is 23.5 Å². The zero-order valence-electron chi connectivity index (χ0n) is 9.10. The minimum Gasteiger partial charge on any atom is -0.478 e. The summed E-state index contributed by atoms with van der Waals surface area (Å²) in [5.41, 5.74) is 1.09. The molecule has 0 aliphatic carbocycles. The van der Waals surface area contributed by atoms with Gasteiger partial charge in [-0.1, -0.05) is 6.07 Å². The number of rotatable bonds is 3. The van der Waals surface area contributed by atoms with Crippen molar-refractivity contribution >= 4 is 17.1 Å². The summed E-state index contributed by atoms with van der Waals surface area (Å²) in [5.74, 6) is -0.469. The van der Waals surface area contributed by atoms with Crippen LogP contribution in [0.3, 0.4) is 0 Å². The van der Waals surface area contributed by atoms with Crippen LogP contribution >= 0.6 is 0 Å². The number of hydrogen-bond acceptors (Lipinski definition) is 4. The van der Waals surface area contributed by atoms with Gasteiger partial charge in [0, 0.05) is 0 Å². The molecule has 84 valence electrons. The molecule has 0 fully saturated rings. The zero-order chi connectivity index (χ0) is 11.7. The lowest BCUT2D eigenvalue weighted by molar-refractivity contribution is 0.0699. The minimum absolute atomic E-state index is 0.172. The highest BCUT2D eigenvalue weighted by Crippen LogP contribution is 2.20. The number of carbonyl (C=O) groups is 1. The van der Waals surface area contributed by atoms with Crippen LogP contribution in [-0.4, -0.2) is 35.1 Å². The fraction of sp³-hybridized carbons (Fsp3) is 0.273. The predicted octanol–water partition coefficient (Wildman–Crippen LogP) is 1.59. The molecule has 2 rings (SSSR count). The maximum absolute atomic E-state index is 11.0. The van der Waals surface area contributed by atoms with E-state index in [4.69, 9.17) is 9.52 Å². The average molecular weight is 220 g/mol. The molecule has 0 radical (unpaired) electrons. The minimum atomic E-state index is -0.990. The van der Waals surface area contributed by atoms with Gasteiger partial charge in [-0.3, -0.25) is 0 Å². The molecule has 0 aliphatic rings. The van der Waals surface area contributed by atoms with Gasteiger partial charge in [0.2, 0.25) is 5.89 Å². The van der Waals surface area contributed by atoms with Crippen LogP contribution in [0.15, 0.2) is 22.6 Å². The number of fused-ring (bicyclic) bond motifs is 1. The van der Waals surface area contributed by atoms with E-state index in [2.05, 4.69) is 4.98 Å². The summed E-state index contributed by atoms with van der Waals surface area (Å²) in [7, 11) is 3.79. The monoisotopic (exact) mass is 220 g/mol. The highest BCUT2D eigenvalue weighted by atomic mass is 16.4. The summed E-state index contributed by atoms with van der Waals surface area (Å²) >= 11 is 0. The molecule has 16 heavy (non-hydrogen) atoms. The smallest absolute Gasteiger partial charge is 0.338 e. The average Bonchev–Trinajstić information content (AvgIpc) is 2.57. The second-order valence-electron chi connectivity index (χ2n) is 3.80. The molecule has 0 spiro atoms. The number of nitrogens with zero attached hydrogens (tertiary/aromatic N) is 2. The van der Waals surface area contributed by atoms with Gasteiger partial charge < -0.3 is 14.4 Å². The summed E-state index contributed by atoms with van der Waals surface area (Å²) in [5, 5.41) is 8.98. The van der Waals surface area contributed by atoms with Crippen LogP contribution in [-0.2, 0) is 6.54 Å². The summed E-state index contributed by atoms with van der Waals surface area (Å²) in [6, 6.07) is 4.89. The molecule has 1 aromatic carbocycles. The van der Waals surface area contributed by atoms with Crippen molar-refractivity contribution in [2.45, 2.75) is 6.54 Å². The zero-order valence-corrected chi connectivity index (χ0v) is 9.10. The van der Waals surface area contributed by atoms with Crippen LogP contribution in [0, 0.1) is 0 Å². The van der Waals surface area contributed by atoms with Gasteiger partial charge in [-0.05, 0) is 26.2 Å². The second kappa shape index (κ2) is 3.94. The first-order valence-electron chi connectivity index (χ1n) is 4.84. The SMILES string of the molecule is CN(C)Cc1nc2c(C(=O)O)cccc2o1. The van der Waals surface area contributed by atoms with Gasteiger partial charge in [0.05, 0.1) is 12.1 Å². The third-order valence-corrected chi connectivity index (χ3v) is 2.15. The quantitative estimate of drug-likeness (QED) is 0.850. The maximum Gasteiger partial charge on any atom is 0.338 e. The molecule has 5 nitrogen and oxygen atoms in total. The Bertz CT molecular complexity index is 531. The molecule has 0 amide bonds. The van der Waals surface area contributed by atoms with Crippen LogP contribution in [0.5, 0.6) is 0 Å². The predicted molar refractivity (Wildman–Crippen MR) is 58.4 cm³/mol. The molecule has 1 aromatic heterocycles. The molecule has 1 N–H and O–H groups in total. The molecule has 0 atom stereocenters. The molecule has 5 heteroatoms. The fourth-order valence-electron chi connectivity index (χ4n) is 1.51. The molecular formula is C11H12N2O3. The highest BCUT2D eigenvalue weighted by Gasteiger charge is 2.14. The first kappa shape index (κ1) is 10.6. The van der Waals surface area contributed by atoms with E-state index in [1.165, 1.54) is 6.07 Å². The number of benzene rings is 1. The Labute approximate surface area is 92.3 Å². The van der Waals surface area contributed by atoms with Crippen molar-refractivity contribution in [2.24, 2.45) is 0 Å². The molecule has 1 heterocycles. The number of carboxylic acid groups (broad SMARTS) is 1.